The Kier molecular flexibility index (Phi) is 7.05. The molecule has 34 heavy (non-hydrogen) atoms. The maximum atomic E-state index is 13.6. The van der Waals surface area contributed by atoms with Crippen LogP contribution in [0, 0.1) is 6.92 Å². The second-order valence-corrected chi connectivity index (χ2v) is 9.27. The predicted molar refractivity (Wildman–Crippen MR) is 137 cm³/mol. The van der Waals surface area contributed by atoms with Crippen molar-refractivity contribution in [3.8, 4) is 5.75 Å². The second-order valence-electron chi connectivity index (χ2n) is 8.29. The van der Waals surface area contributed by atoms with E-state index in [4.69, 9.17) is 9.72 Å². The van der Waals surface area contributed by atoms with E-state index >= 15 is 0 Å². The van der Waals surface area contributed by atoms with Gasteiger partial charge in [0.2, 0.25) is 0 Å². The molecular weight excluding hydrogens is 446 g/mol. The zero-order valence-electron chi connectivity index (χ0n) is 19.7. The largest absolute Gasteiger partial charge is 0.494 e. The quantitative estimate of drug-likeness (QED) is 0.335. The first-order chi connectivity index (χ1) is 16.4. The number of thiazole rings is 1. The molecular formula is C27H27N3O3S. The van der Waals surface area contributed by atoms with Crippen LogP contribution in [0.25, 0.3) is 10.2 Å². The highest BCUT2D eigenvalue weighted by atomic mass is 32.1. The molecule has 0 N–H and O–H groups in total. The summed E-state index contributed by atoms with van der Waals surface area (Å²) in [4.78, 5) is 34.8. The monoisotopic (exact) mass is 473 g/mol. The number of methoxy groups -OCH3 is 1. The predicted octanol–water partition coefficient (Wildman–Crippen LogP) is 5.05. The van der Waals surface area contributed by atoms with Gasteiger partial charge in [0.1, 0.15) is 11.3 Å². The number of aromatic nitrogens is 1. The Labute approximate surface area is 203 Å². The summed E-state index contributed by atoms with van der Waals surface area (Å²) in [6, 6.07) is 19.8. The van der Waals surface area contributed by atoms with E-state index < -0.39 is 0 Å². The smallest absolute Gasteiger partial charge is 0.260 e. The van der Waals surface area contributed by atoms with Crippen molar-refractivity contribution >= 4 is 38.4 Å². The molecule has 0 bridgehead atoms. The Morgan fingerprint density at radius 3 is 2.18 bits per heavy atom. The number of amides is 1. The molecule has 0 saturated heterocycles. The molecule has 0 radical (unpaired) electrons. The molecule has 4 aromatic rings. The van der Waals surface area contributed by atoms with E-state index in [0.717, 1.165) is 15.8 Å². The second kappa shape index (κ2) is 10.2. The van der Waals surface area contributed by atoms with Crippen molar-refractivity contribution in [2.24, 2.45) is 0 Å². The third kappa shape index (κ3) is 4.85. The summed E-state index contributed by atoms with van der Waals surface area (Å²) in [6.07, 6.45) is 0. The zero-order chi connectivity index (χ0) is 24.2. The van der Waals surface area contributed by atoms with E-state index in [0.29, 0.717) is 40.7 Å². The van der Waals surface area contributed by atoms with Gasteiger partial charge in [0.25, 0.3) is 5.91 Å². The van der Waals surface area contributed by atoms with E-state index in [9.17, 15) is 9.59 Å². The van der Waals surface area contributed by atoms with E-state index in [1.807, 2.05) is 56.3 Å². The summed E-state index contributed by atoms with van der Waals surface area (Å²) in [5.41, 5.74) is 3.51. The lowest BCUT2D eigenvalue weighted by Crippen LogP contribution is -2.36. The topological polar surface area (TPSA) is 62.7 Å². The average molecular weight is 474 g/mol. The Morgan fingerprint density at radius 1 is 0.882 bits per heavy atom. The number of anilines is 1. The molecule has 0 fully saturated rings. The highest BCUT2D eigenvalue weighted by Crippen LogP contribution is 2.36. The van der Waals surface area contributed by atoms with Gasteiger partial charge in [0.15, 0.2) is 10.9 Å². The molecule has 0 unspecified atom stereocenters. The molecule has 174 valence electrons. The number of ketones is 1. The molecule has 0 aliphatic rings. The van der Waals surface area contributed by atoms with E-state index in [-0.39, 0.29) is 11.7 Å². The molecule has 0 aliphatic heterocycles. The third-order valence-electron chi connectivity index (χ3n) is 5.59. The van der Waals surface area contributed by atoms with Crippen LogP contribution in [-0.4, -0.2) is 55.9 Å². The lowest BCUT2D eigenvalue weighted by atomic mass is 10.0. The molecule has 1 heterocycles. The van der Waals surface area contributed by atoms with E-state index in [1.54, 1.807) is 48.4 Å². The number of fused-ring (bicyclic) bond motifs is 1. The summed E-state index contributed by atoms with van der Waals surface area (Å²) in [7, 11) is 5.56. The van der Waals surface area contributed by atoms with Gasteiger partial charge in [-0.25, -0.2) is 4.98 Å². The first-order valence-electron chi connectivity index (χ1n) is 11.0. The zero-order valence-corrected chi connectivity index (χ0v) is 20.6. The minimum atomic E-state index is -0.156. The van der Waals surface area contributed by atoms with Crippen LogP contribution in [0.2, 0.25) is 0 Å². The van der Waals surface area contributed by atoms with Crippen LogP contribution in [0.5, 0.6) is 5.75 Å². The van der Waals surface area contributed by atoms with Gasteiger partial charge in [-0.3, -0.25) is 14.5 Å². The number of likely N-dealkylation sites (N-methyl/N-ethyl adjacent to an activating group) is 1. The number of ether oxygens (including phenoxy) is 1. The highest BCUT2D eigenvalue weighted by Gasteiger charge is 2.23. The van der Waals surface area contributed by atoms with Crippen LogP contribution in [-0.2, 0) is 0 Å². The van der Waals surface area contributed by atoms with Crippen molar-refractivity contribution < 1.29 is 14.3 Å². The van der Waals surface area contributed by atoms with Gasteiger partial charge >= 0.3 is 0 Å². The van der Waals surface area contributed by atoms with Gasteiger partial charge in [-0.05, 0) is 44.8 Å². The number of benzene rings is 3. The standard InChI is InChI=1S/C27H27N3O3S/c1-18-10-15-22(33-4)23-25(18)34-27(28-23)30(17-16-29(2)3)26(32)21-13-11-20(12-14-21)24(31)19-8-6-5-7-9-19/h5-15H,16-17H2,1-4H3. The average Bonchev–Trinajstić information content (AvgIpc) is 3.30. The van der Waals surface area contributed by atoms with Crippen LogP contribution < -0.4 is 9.64 Å². The number of carbonyl (C=O) groups excluding carboxylic acids is 2. The van der Waals surface area contributed by atoms with Crippen LogP contribution in [0.15, 0.2) is 66.7 Å². The van der Waals surface area contributed by atoms with Crippen molar-refractivity contribution in [1.82, 2.24) is 9.88 Å². The van der Waals surface area contributed by atoms with Gasteiger partial charge in [-0.1, -0.05) is 59.9 Å². The third-order valence-corrected chi connectivity index (χ3v) is 6.80. The fourth-order valence-electron chi connectivity index (χ4n) is 3.64. The maximum absolute atomic E-state index is 13.6. The number of rotatable bonds is 8. The molecule has 1 aromatic heterocycles. The lowest BCUT2D eigenvalue weighted by Gasteiger charge is -2.22. The van der Waals surface area contributed by atoms with Gasteiger partial charge in [0, 0.05) is 29.8 Å². The minimum Gasteiger partial charge on any atom is -0.494 e. The van der Waals surface area contributed by atoms with E-state index in [2.05, 4.69) is 0 Å². The lowest BCUT2D eigenvalue weighted by molar-refractivity contribution is 0.0982. The Balaban J connectivity index is 1.66. The summed E-state index contributed by atoms with van der Waals surface area (Å²) in [5.74, 6) is 0.459. The number of aryl methyl sites for hydroxylation is 1. The number of carbonyl (C=O) groups is 2. The molecule has 0 atom stereocenters. The minimum absolute atomic E-state index is 0.0715. The fraction of sp³-hybridized carbons (Fsp3) is 0.222. The highest BCUT2D eigenvalue weighted by molar-refractivity contribution is 7.22. The van der Waals surface area contributed by atoms with Crippen molar-refractivity contribution in [2.75, 3.05) is 39.2 Å². The number of nitrogens with zero attached hydrogens (tertiary/aromatic N) is 3. The van der Waals surface area contributed by atoms with Crippen LogP contribution in [0.1, 0.15) is 31.8 Å². The van der Waals surface area contributed by atoms with Crippen LogP contribution in [0.3, 0.4) is 0 Å². The number of hydrogen-bond donors (Lipinski definition) is 0. The van der Waals surface area contributed by atoms with Crippen molar-refractivity contribution in [1.29, 1.82) is 0 Å². The molecule has 3 aromatic carbocycles. The summed E-state index contributed by atoms with van der Waals surface area (Å²) in [5, 5.41) is 0.624. The molecule has 7 heteroatoms. The summed E-state index contributed by atoms with van der Waals surface area (Å²) < 4.78 is 6.49. The van der Waals surface area contributed by atoms with Crippen molar-refractivity contribution in [3.63, 3.8) is 0 Å². The number of hydrogen-bond acceptors (Lipinski definition) is 6. The van der Waals surface area contributed by atoms with Crippen molar-refractivity contribution in [3.05, 3.63) is 89.0 Å². The van der Waals surface area contributed by atoms with Gasteiger partial charge in [-0.15, -0.1) is 0 Å². The Hall–Kier alpha value is -3.55. The molecule has 1 amide bonds. The fourth-order valence-corrected chi connectivity index (χ4v) is 4.71. The van der Waals surface area contributed by atoms with Crippen molar-refractivity contribution in [2.45, 2.75) is 6.92 Å². The van der Waals surface area contributed by atoms with Gasteiger partial charge in [0.05, 0.1) is 11.8 Å². The first kappa shape index (κ1) is 23.6. The Morgan fingerprint density at radius 2 is 1.53 bits per heavy atom. The maximum Gasteiger partial charge on any atom is 0.260 e. The van der Waals surface area contributed by atoms with Crippen LogP contribution in [0.4, 0.5) is 5.13 Å². The SMILES string of the molecule is COc1ccc(C)c2sc(N(CCN(C)C)C(=O)c3ccc(C(=O)c4ccccc4)cc3)nc12. The molecule has 6 nitrogen and oxygen atoms in total. The van der Waals surface area contributed by atoms with Crippen LogP contribution >= 0.6 is 11.3 Å². The molecule has 0 spiro atoms. The normalized spacial score (nSPS) is 11.1. The first-order valence-corrected chi connectivity index (χ1v) is 11.8. The van der Waals surface area contributed by atoms with Gasteiger partial charge in [-0.2, -0.15) is 0 Å². The summed E-state index contributed by atoms with van der Waals surface area (Å²) >= 11 is 1.48. The Bertz CT molecular complexity index is 1310. The summed E-state index contributed by atoms with van der Waals surface area (Å²) in [6.45, 7) is 3.19. The molecule has 0 aliphatic carbocycles. The van der Waals surface area contributed by atoms with E-state index in [1.165, 1.54) is 11.3 Å². The molecule has 0 saturated carbocycles. The molecule has 4 rings (SSSR count). The van der Waals surface area contributed by atoms with Gasteiger partial charge < -0.3 is 9.64 Å².